The smallest absolute Gasteiger partial charge is 0.0541 e. The summed E-state index contributed by atoms with van der Waals surface area (Å²) in [7, 11) is 0. The van der Waals surface area contributed by atoms with Crippen molar-refractivity contribution in [3.63, 3.8) is 0 Å². The van der Waals surface area contributed by atoms with E-state index in [4.69, 9.17) is 0 Å². The van der Waals surface area contributed by atoms with E-state index >= 15 is 0 Å². The SMILES string of the molecule is CCCCCCc1ccc2c(c1)c1cc(C)ccc1n2-c1ccc2c(c1)-c1ccccc1C2C(C)c1ccccc1-c1ccc(-n2c3ccccc3c3cc(C4(C)C=CC=CC4)ccc32)cc1. The van der Waals surface area contributed by atoms with E-state index in [0.29, 0.717) is 0 Å². The molecule has 10 aromatic rings. The van der Waals surface area contributed by atoms with Crippen LogP contribution in [0.1, 0.15) is 98.1 Å². The number of aryl methyl sites for hydroxylation is 2. The van der Waals surface area contributed by atoms with Crippen LogP contribution in [0.4, 0.5) is 0 Å². The molecule has 3 unspecified atom stereocenters. The number of para-hydroxylation sites is 1. The molecule has 0 spiro atoms. The van der Waals surface area contributed by atoms with Crippen LogP contribution in [0.15, 0.2) is 194 Å². The number of allylic oxidation sites excluding steroid dienone is 4. The second-order valence-corrected chi connectivity index (χ2v) is 19.8. The average molecular weight is 867 g/mol. The zero-order valence-electron chi connectivity index (χ0n) is 39.3. The van der Waals surface area contributed by atoms with E-state index in [9.17, 15) is 0 Å². The number of hydrogen-bond acceptors (Lipinski definition) is 0. The van der Waals surface area contributed by atoms with Crippen LogP contribution in [0.25, 0.3) is 77.2 Å². The standard InChI is InChI=1S/C65H58N2/c1-5-6-7-9-18-45-26-35-62-58(40-45)57-39-43(2)25-34-61(57)67(62)49-32-33-55-56(42-49)52-21-12-13-23-54(52)64(55)44(3)50-19-10-11-20-51(50)46-27-30-48(31-28-46)66-60-24-15-14-22-53(60)59-41-47(29-36-63(59)66)65(4)37-16-8-17-38-65/h8,10-17,19-37,39-42,44,64H,5-7,9,18,38H2,1-4H3. The summed E-state index contributed by atoms with van der Waals surface area (Å²) in [6.07, 6.45) is 16.3. The fourth-order valence-corrected chi connectivity index (χ4v) is 12.0. The van der Waals surface area contributed by atoms with Crippen LogP contribution in [0.5, 0.6) is 0 Å². The molecule has 12 rings (SSSR count). The molecule has 0 aliphatic heterocycles. The Labute approximate surface area is 395 Å². The second-order valence-electron chi connectivity index (χ2n) is 19.8. The number of hydrogen-bond donors (Lipinski definition) is 0. The molecule has 67 heavy (non-hydrogen) atoms. The van der Waals surface area contributed by atoms with Gasteiger partial charge in [-0.05, 0) is 149 Å². The number of nitrogens with zero attached hydrogens (tertiary/aromatic N) is 2. The number of unbranched alkanes of at least 4 members (excludes halogenated alkanes) is 3. The summed E-state index contributed by atoms with van der Waals surface area (Å²) in [4.78, 5) is 0. The molecule has 0 amide bonds. The summed E-state index contributed by atoms with van der Waals surface area (Å²) in [5.41, 5.74) is 20.9. The Morgan fingerprint density at radius 2 is 1.22 bits per heavy atom. The van der Waals surface area contributed by atoms with E-state index in [2.05, 4.69) is 231 Å². The van der Waals surface area contributed by atoms with Crippen LogP contribution in [0.3, 0.4) is 0 Å². The molecule has 0 N–H and O–H groups in total. The summed E-state index contributed by atoms with van der Waals surface area (Å²) in [6, 6.07) is 65.0. The molecule has 2 aliphatic rings. The van der Waals surface area contributed by atoms with Crippen molar-refractivity contribution in [3.05, 3.63) is 228 Å². The first-order valence-electron chi connectivity index (χ1n) is 24.7. The van der Waals surface area contributed by atoms with Gasteiger partial charge in [-0.2, -0.15) is 0 Å². The average Bonchev–Trinajstić information content (AvgIpc) is 4.00. The van der Waals surface area contributed by atoms with E-state index in [1.807, 2.05) is 0 Å². The minimum absolute atomic E-state index is 0.00540. The molecule has 0 saturated carbocycles. The Hall–Kier alpha value is -7.16. The van der Waals surface area contributed by atoms with Crippen LogP contribution >= 0.6 is 0 Å². The fraction of sp³-hybridized carbons (Fsp3) is 0.200. The lowest BCUT2D eigenvalue weighted by atomic mass is 9.77. The highest BCUT2D eigenvalue weighted by Crippen LogP contribution is 2.53. The van der Waals surface area contributed by atoms with Gasteiger partial charge in [0.1, 0.15) is 0 Å². The van der Waals surface area contributed by atoms with Crippen LogP contribution in [0.2, 0.25) is 0 Å². The molecule has 3 atom stereocenters. The first-order chi connectivity index (χ1) is 32.9. The molecular formula is C65H58N2. The van der Waals surface area contributed by atoms with Gasteiger partial charge in [-0.3, -0.25) is 0 Å². The predicted molar refractivity (Wildman–Crippen MR) is 286 cm³/mol. The molecule has 328 valence electrons. The molecular weight excluding hydrogens is 809 g/mol. The van der Waals surface area contributed by atoms with Crippen molar-refractivity contribution in [3.8, 4) is 33.6 Å². The number of benzene rings is 8. The second kappa shape index (κ2) is 16.6. The molecule has 2 heteroatoms. The third-order valence-corrected chi connectivity index (χ3v) is 15.5. The maximum atomic E-state index is 2.51. The van der Waals surface area contributed by atoms with Gasteiger partial charge in [0.15, 0.2) is 0 Å². The van der Waals surface area contributed by atoms with Crippen molar-refractivity contribution in [2.75, 3.05) is 0 Å². The maximum Gasteiger partial charge on any atom is 0.0541 e. The Bertz CT molecular complexity index is 3590. The molecule has 2 heterocycles. The van der Waals surface area contributed by atoms with Crippen LogP contribution in [0, 0.1) is 6.92 Å². The highest BCUT2D eigenvalue weighted by Gasteiger charge is 2.34. The number of fused-ring (bicyclic) bond motifs is 9. The lowest BCUT2D eigenvalue weighted by Crippen LogP contribution is -2.19. The van der Waals surface area contributed by atoms with E-state index in [1.54, 1.807) is 0 Å². The lowest BCUT2D eigenvalue weighted by molar-refractivity contribution is 0.600. The Morgan fingerprint density at radius 3 is 2.04 bits per heavy atom. The Morgan fingerprint density at radius 1 is 0.552 bits per heavy atom. The van der Waals surface area contributed by atoms with Crippen LogP contribution < -0.4 is 0 Å². The Balaban J connectivity index is 0.900. The molecule has 0 saturated heterocycles. The van der Waals surface area contributed by atoms with Crippen molar-refractivity contribution in [2.45, 2.75) is 83.5 Å². The summed E-state index contributed by atoms with van der Waals surface area (Å²) >= 11 is 0. The Kier molecular flexibility index (Phi) is 10.2. The highest BCUT2D eigenvalue weighted by atomic mass is 15.0. The topological polar surface area (TPSA) is 9.86 Å². The van der Waals surface area contributed by atoms with Crippen LogP contribution in [-0.2, 0) is 11.8 Å². The predicted octanol–water partition coefficient (Wildman–Crippen LogP) is 17.7. The number of rotatable bonds is 11. The van der Waals surface area contributed by atoms with Crippen molar-refractivity contribution in [1.82, 2.24) is 9.13 Å². The molecule has 2 aliphatic carbocycles. The first-order valence-corrected chi connectivity index (χ1v) is 24.7. The monoisotopic (exact) mass is 866 g/mol. The van der Waals surface area contributed by atoms with Gasteiger partial charge >= 0.3 is 0 Å². The van der Waals surface area contributed by atoms with Gasteiger partial charge < -0.3 is 9.13 Å². The van der Waals surface area contributed by atoms with E-state index in [0.717, 1.165) is 12.8 Å². The summed E-state index contributed by atoms with van der Waals surface area (Å²) in [5.74, 6) is 0.459. The first kappa shape index (κ1) is 41.3. The van der Waals surface area contributed by atoms with Gasteiger partial charge in [0.25, 0.3) is 0 Å². The summed E-state index contributed by atoms with van der Waals surface area (Å²) in [5, 5.41) is 5.29. The normalized spacial score (nSPS) is 16.9. The molecule has 0 bridgehead atoms. The molecule has 0 radical (unpaired) electrons. The molecule has 2 aromatic heterocycles. The van der Waals surface area contributed by atoms with Crippen molar-refractivity contribution in [2.24, 2.45) is 0 Å². The third-order valence-electron chi connectivity index (χ3n) is 15.5. The van der Waals surface area contributed by atoms with Gasteiger partial charge in [0.05, 0.1) is 22.1 Å². The van der Waals surface area contributed by atoms with Gasteiger partial charge in [0.2, 0.25) is 0 Å². The number of aromatic nitrogens is 2. The maximum absolute atomic E-state index is 2.51. The summed E-state index contributed by atoms with van der Waals surface area (Å²) in [6.45, 7) is 9.30. The summed E-state index contributed by atoms with van der Waals surface area (Å²) < 4.78 is 4.95. The zero-order chi connectivity index (χ0) is 45.2. The molecule has 2 nitrogen and oxygen atoms in total. The third kappa shape index (κ3) is 6.91. The fourth-order valence-electron chi connectivity index (χ4n) is 12.0. The largest absolute Gasteiger partial charge is 0.309 e. The van der Waals surface area contributed by atoms with Crippen LogP contribution in [-0.4, -0.2) is 9.13 Å². The zero-order valence-corrected chi connectivity index (χ0v) is 39.3. The van der Waals surface area contributed by atoms with Crippen molar-refractivity contribution in [1.29, 1.82) is 0 Å². The minimum Gasteiger partial charge on any atom is -0.309 e. The minimum atomic E-state index is -0.00540. The van der Waals surface area contributed by atoms with E-state index in [1.165, 1.54) is 136 Å². The van der Waals surface area contributed by atoms with E-state index < -0.39 is 0 Å². The van der Waals surface area contributed by atoms with Gasteiger partial charge in [-0.25, -0.2) is 0 Å². The molecule has 0 fully saturated rings. The molecule has 8 aromatic carbocycles. The van der Waals surface area contributed by atoms with Gasteiger partial charge in [-0.1, -0.05) is 173 Å². The van der Waals surface area contributed by atoms with Crippen molar-refractivity contribution >= 4 is 43.6 Å². The highest BCUT2D eigenvalue weighted by molar-refractivity contribution is 6.11. The van der Waals surface area contributed by atoms with Gasteiger partial charge in [0, 0.05) is 44.3 Å². The van der Waals surface area contributed by atoms with E-state index in [-0.39, 0.29) is 17.3 Å². The van der Waals surface area contributed by atoms with Gasteiger partial charge in [-0.15, -0.1) is 0 Å². The van der Waals surface area contributed by atoms with Crippen molar-refractivity contribution < 1.29 is 0 Å². The lowest BCUT2D eigenvalue weighted by Gasteiger charge is -2.27. The quantitative estimate of drug-likeness (QED) is 0.115.